The summed E-state index contributed by atoms with van der Waals surface area (Å²) in [5.74, 6) is -0.195. The first kappa shape index (κ1) is 21.4. The molecule has 2 aromatic carbocycles. The van der Waals surface area contributed by atoms with Crippen LogP contribution in [0.15, 0.2) is 59.5 Å². The second-order valence-electron chi connectivity index (χ2n) is 7.26. The third-order valence-corrected chi connectivity index (χ3v) is 6.67. The Labute approximate surface area is 166 Å². The summed E-state index contributed by atoms with van der Waals surface area (Å²) in [6, 6.07) is 15.3. The van der Waals surface area contributed by atoms with Gasteiger partial charge >= 0.3 is 0 Å². The maximum absolute atomic E-state index is 12.8. The number of amides is 1. The molecule has 146 valence electrons. The number of halogens is 1. The molecule has 1 unspecified atom stereocenters. The summed E-state index contributed by atoms with van der Waals surface area (Å²) in [4.78, 5) is 14.9. The van der Waals surface area contributed by atoms with Crippen molar-refractivity contribution in [3.05, 3.63) is 65.7 Å². The van der Waals surface area contributed by atoms with Gasteiger partial charge in [-0.1, -0.05) is 37.3 Å². The Morgan fingerprint density at radius 2 is 1.85 bits per heavy atom. The van der Waals surface area contributed by atoms with E-state index in [2.05, 4.69) is 6.92 Å². The van der Waals surface area contributed by atoms with Gasteiger partial charge in [0.2, 0.25) is 0 Å². The maximum atomic E-state index is 12.8. The van der Waals surface area contributed by atoms with Crippen molar-refractivity contribution < 1.29 is 13.2 Å². The van der Waals surface area contributed by atoms with Gasteiger partial charge in [-0.15, -0.1) is 12.4 Å². The summed E-state index contributed by atoms with van der Waals surface area (Å²) < 4.78 is 25.1. The van der Waals surface area contributed by atoms with Gasteiger partial charge in [-0.05, 0) is 48.2 Å². The quantitative estimate of drug-likeness (QED) is 0.824. The fourth-order valence-electron chi connectivity index (χ4n) is 3.27. The minimum absolute atomic E-state index is 0. The maximum Gasteiger partial charge on any atom is 0.253 e. The zero-order chi connectivity index (χ0) is 18.8. The number of hydrogen-bond donors (Lipinski definition) is 1. The van der Waals surface area contributed by atoms with Crippen LogP contribution in [-0.4, -0.2) is 38.9 Å². The van der Waals surface area contributed by atoms with Crippen LogP contribution in [0.25, 0.3) is 0 Å². The van der Waals surface area contributed by atoms with Crippen LogP contribution in [0.3, 0.4) is 0 Å². The van der Waals surface area contributed by atoms with Crippen LogP contribution in [0, 0.1) is 5.41 Å². The molecular formula is C20H25ClN2O3S. The number of likely N-dealkylation sites (tertiary alicyclic amines) is 1. The Kier molecular flexibility index (Phi) is 6.68. The van der Waals surface area contributed by atoms with Crippen LogP contribution in [0.5, 0.6) is 0 Å². The molecule has 27 heavy (non-hydrogen) atoms. The summed E-state index contributed by atoms with van der Waals surface area (Å²) in [5, 5.41) is 0. The molecule has 1 atom stereocenters. The lowest BCUT2D eigenvalue weighted by Crippen LogP contribution is -2.34. The van der Waals surface area contributed by atoms with Crippen LogP contribution < -0.4 is 5.73 Å². The third kappa shape index (κ3) is 4.89. The minimum Gasteiger partial charge on any atom is -0.338 e. The number of nitrogens with zero attached hydrogens (tertiary/aromatic N) is 1. The fraction of sp³-hybridized carbons (Fsp3) is 0.350. The number of rotatable bonds is 5. The summed E-state index contributed by atoms with van der Waals surface area (Å²) >= 11 is 0. The van der Waals surface area contributed by atoms with Gasteiger partial charge < -0.3 is 10.6 Å². The van der Waals surface area contributed by atoms with Crippen LogP contribution in [-0.2, 0) is 15.6 Å². The standard InChI is InChI=1S/C20H24N2O3S.ClH/c1-20(14-21)10-11-22(15-20)19(23)17-7-5-6-16(12-17)13-26(24,25)18-8-3-2-4-9-18;/h2-9,12H,10-11,13-15,21H2,1H3;1H. The number of benzene rings is 2. The van der Waals surface area contributed by atoms with E-state index >= 15 is 0 Å². The van der Waals surface area contributed by atoms with E-state index in [1.807, 2.05) is 0 Å². The highest BCUT2D eigenvalue weighted by Crippen LogP contribution is 2.29. The molecule has 7 heteroatoms. The van der Waals surface area contributed by atoms with E-state index in [1.165, 1.54) is 0 Å². The largest absolute Gasteiger partial charge is 0.338 e. The van der Waals surface area contributed by atoms with E-state index in [0.29, 0.717) is 30.8 Å². The SMILES string of the molecule is CC1(CN)CCN(C(=O)c2cccc(CS(=O)(=O)c3ccccc3)c2)C1.Cl. The molecule has 2 N–H and O–H groups in total. The molecule has 1 heterocycles. The zero-order valence-corrected chi connectivity index (χ0v) is 16.9. The van der Waals surface area contributed by atoms with Crippen molar-refractivity contribution in [1.29, 1.82) is 0 Å². The van der Waals surface area contributed by atoms with Gasteiger partial charge in [0.25, 0.3) is 5.91 Å². The normalized spacial score (nSPS) is 19.6. The van der Waals surface area contributed by atoms with E-state index in [1.54, 1.807) is 59.5 Å². The first-order valence-electron chi connectivity index (χ1n) is 8.69. The van der Waals surface area contributed by atoms with Crippen molar-refractivity contribution in [2.24, 2.45) is 11.1 Å². The Morgan fingerprint density at radius 3 is 2.48 bits per heavy atom. The number of hydrogen-bond acceptors (Lipinski definition) is 4. The van der Waals surface area contributed by atoms with Crippen molar-refractivity contribution in [3.8, 4) is 0 Å². The molecule has 3 rings (SSSR count). The second-order valence-corrected chi connectivity index (χ2v) is 9.25. The Morgan fingerprint density at radius 1 is 1.15 bits per heavy atom. The predicted molar refractivity (Wildman–Crippen MR) is 109 cm³/mol. The third-order valence-electron chi connectivity index (χ3n) is 4.97. The van der Waals surface area contributed by atoms with Gasteiger partial charge in [-0.3, -0.25) is 4.79 Å². The molecule has 0 radical (unpaired) electrons. The van der Waals surface area contributed by atoms with Crippen molar-refractivity contribution in [1.82, 2.24) is 4.90 Å². The summed E-state index contributed by atoms with van der Waals surface area (Å²) in [7, 11) is -3.44. The van der Waals surface area contributed by atoms with Crippen molar-refractivity contribution >= 4 is 28.2 Å². The van der Waals surface area contributed by atoms with Gasteiger partial charge in [-0.2, -0.15) is 0 Å². The molecule has 1 fully saturated rings. The molecule has 0 aliphatic carbocycles. The van der Waals surface area contributed by atoms with E-state index in [0.717, 1.165) is 6.42 Å². The number of carbonyl (C=O) groups is 1. The summed E-state index contributed by atoms with van der Waals surface area (Å²) in [5.41, 5.74) is 6.91. The van der Waals surface area contributed by atoms with Gasteiger partial charge in [0.15, 0.2) is 9.84 Å². The molecule has 2 aromatic rings. The van der Waals surface area contributed by atoms with E-state index in [9.17, 15) is 13.2 Å². The van der Waals surface area contributed by atoms with Crippen molar-refractivity contribution in [2.75, 3.05) is 19.6 Å². The Balaban J connectivity index is 0.00000261. The van der Waals surface area contributed by atoms with Crippen LogP contribution in [0.4, 0.5) is 0 Å². The molecule has 0 aromatic heterocycles. The molecule has 5 nitrogen and oxygen atoms in total. The summed E-state index contributed by atoms with van der Waals surface area (Å²) in [6.07, 6.45) is 0.886. The van der Waals surface area contributed by atoms with E-state index in [-0.39, 0.29) is 34.4 Å². The lowest BCUT2D eigenvalue weighted by Gasteiger charge is -2.22. The smallest absolute Gasteiger partial charge is 0.253 e. The molecule has 1 saturated heterocycles. The summed E-state index contributed by atoms with van der Waals surface area (Å²) in [6.45, 7) is 3.95. The molecule has 1 aliphatic heterocycles. The van der Waals surface area contributed by atoms with Gasteiger partial charge in [0, 0.05) is 18.7 Å². The van der Waals surface area contributed by atoms with E-state index in [4.69, 9.17) is 5.73 Å². The van der Waals surface area contributed by atoms with Crippen molar-refractivity contribution in [2.45, 2.75) is 24.0 Å². The molecule has 0 saturated carbocycles. The van der Waals surface area contributed by atoms with Crippen LogP contribution in [0.2, 0.25) is 0 Å². The topological polar surface area (TPSA) is 80.5 Å². The average Bonchev–Trinajstić information content (AvgIpc) is 3.05. The van der Waals surface area contributed by atoms with Crippen LogP contribution in [0.1, 0.15) is 29.3 Å². The highest BCUT2D eigenvalue weighted by molar-refractivity contribution is 7.90. The number of carbonyl (C=O) groups excluding carboxylic acids is 1. The Bertz CT molecular complexity index is 902. The monoisotopic (exact) mass is 408 g/mol. The molecule has 1 amide bonds. The number of nitrogens with two attached hydrogens (primary N) is 1. The lowest BCUT2D eigenvalue weighted by atomic mass is 9.90. The van der Waals surface area contributed by atoms with Crippen molar-refractivity contribution in [3.63, 3.8) is 0 Å². The highest BCUT2D eigenvalue weighted by atomic mass is 35.5. The zero-order valence-electron chi connectivity index (χ0n) is 15.3. The van der Waals surface area contributed by atoms with Gasteiger partial charge in [0.05, 0.1) is 10.6 Å². The minimum atomic E-state index is -3.44. The Hall–Kier alpha value is -1.89. The molecular weight excluding hydrogens is 384 g/mol. The van der Waals surface area contributed by atoms with Gasteiger partial charge in [-0.25, -0.2) is 8.42 Å². The fourth-order valence-corrected chi connectivity index (χ4v) is 4.63. The van der Waals surface area contributed by atoms with Crippen LogP contribution >= 0.6 is 12.4 Å². The molecule has 0 bridgehead atoms. The first-order valence-corrected chi connectivity index (χ1v) is 10.3. The predicted octanol–water partition coefficient (Wildman–Crippen LogP) is 2.89. The number of sulfone groups is 1. The molecule has 1 aliphatic rings. The second kappa shape index (κ2) is 8.42. The molecule has 0 spiro atoms. The first-order chi connectivity index (χ1) is 12.3. The van der Waals surface area contributed by atoms with Gasteiger partial charge in [0.1, 0.15) is 0 Å². The van der Waals surface area contributed by atoms with E-state index < -0.39 is 9.84 Å². The highest BCUT2D eigenvalue weighted by Gasteiger charge is 2.35. The average molecular weight is 409 g/mol. The lowest BCUT2D eigenvalue weighted by molar-refractivity contribution is 0.0777.